The van der Waals surface area contributed by atoms with E-state index >= 15 is 0 Å². The molecule has 3 aromatic heterocycles. The zero-order valence-corrected chi connectivity index (χ0v) is 29.4. The summed E-state index contributed by atoms with van der Waals surface area (Å²) in [5.74, 6) is 1.67. The lowest BCUT2D eigenvalue weighted by Crippen LogP contribution is -1.93. The van der Waals surface area contributed by atoms with Crippen LogP contribution in [0.3, 0.4) is 0 Å². The Balaban J connectivity index is -0.000000198. The highest BCUT2D eigenvalue weighted by molar-refractivity contribution is 4.99. The van der Waals surface area contributed by atoms with Gasteiger partial charge in [0.1, 0.15) is 6.33 Å². The summed E-state index contributed by atoms with van der Waals surface area (Å²) in [6.07, 6.45) is 14.9. The molecule has 0 atom stereocenters. The van der Waals surface area contributed by atoms with Crippen LogP contribution in [-0.4, -0.2) is 24.9 Å². The fraction of sp³-hybridized carbons (Fsp3) is 0.486. The van der Waals surface area contributed by atoms with Crippen molar-refractivity contribution in [2.24, 2.45) is 22.7 Å². The Labute approximate surface area is 260 Å². The van der Waals surface area contributed by atoms with Crippen molar-refractivity contribution in [3.8, 4) is 0 Å². The molecular weight excluding hydrogens is 514 g/mol. The topological polar surface area (TPSA) is 64.5 Å². The number of hydrogen-bond donors (Lipinski definition) is 0. The van der Waals surface area contributed by atoms with Gasteiger partial charge in [-0.15, -0.1) is 0 Å². The van der Waals surface area contributed by atoms with Crippen LogP contribution < -0.4 is 0 Å². The lowest BCUT2D eigenvalue weighted by Gasteiger charge is -2.05. The van der Waals surface area contributed by atoms with Crippen molar-refractivity contribution in [2.75, 3.05) is 0 Å². The molecule has 0 bridgehead atoms. The largest absolute Gasteiger partial charge is 0.265 e. The zero-order chi connectivity index (χ0) is 33.1. The maximum atomic E-state index is 3.78. The van der Waals surface area contributed by atoms with Crippen molar-refractivity contribution in [3.05, 3.63) is 117 Å². The molecular formula is C37H63N5. The predicted molar refractivity (Wildman–Crippen MR) is 186 cm³/mol. The summed E-state index contributed by atoms with van der Waals surface area (Å²) in [5.41, 5.74) is 1.00. The number of nitrogens with zero attached hydrogens (tertiary/aromatic N) is 5. The molecule has 0 saturated carbocycles. The molecule has 0 spiro atoms. The van der Waals surface area contributed by atoms with Gasteiger partial charge in [0.25, 0.3) is 0 Å². The molecule has 4 aromatic rings. The van der Waals surface area contributed by atoms with E-state index in [4.69, 9.17) is 0 Å². The first-order chi connectivity index (χ1) is 19.5. The molecule has 4 rings (SSSR count). The lowest BCUT2D eigenvalue weighted by atomic mass is 10.0. The summed E-state index contributed by atoms with van der Waals surface area (Å²) < 4.78 is 0. The monoisotopic (exact) mass is 578 g/mol. The van der Waals surface area contributed by atoms with E-state index in [1.54, 1.807) is 55.6 Å². The molecule has 0 aliphatic rings. The van der Waals surface area contributed by atoms with E-state index in [0.29, 0.717) is 10.8 Å². The second kappa shape index (κ2) is 33.7. The standard InChI is InChI=1S/C6H6.C5H5N.2C5H12.2C4H4N2.2C4H10/c2*1-2-4-6-5-3-1;2*1-5(2,3)4;1-2-6-4-3-5-1;1-2-5-4-6-3-1;2*1-4(2)3/h1-6H;1-5H;2*1-4H3;2*1-4H;2*4H,1-3H3. The molecule has 5 heteroatoms. The molecule has 236 valence electrons. The first kappa shape index (κ1) is 45.5. The Morgan fingerprint density at radius 2 is 0.500 bits per heavy atom. The van der Waals surface area contributed by atoms with Gasteiger partial charge in [0, 0.05) is 49.6 Å². The number of pyridine rings is 1. The summed E-state index contributed by atoms with van der Waals surface area (Å²) >= 11 is 0. The molecule has 0 fully saturated rings. The van der Waals surface area contributed by atoms with Crippen LogP contribution in [0.2, 0.25) is 0 Å². The van der Waals surface area contributed by atoms with E-state index in [0.717, 1.165) is 11.8 Å². The van der Waals surface area contributed by atoms with Crippen molar-refractivity contribution < 1.29 is 0 Å². The molecule has 0 amide bonds. The Morgan fingerprint density at radius 1 is 0.310 bits per heavy atom. The third kappa shape index (κ3) is 109. The third-order valence-corrected chi connectivity index (χ3v) is 2.19. The highest BCUT2D eigenvalue weighted by Gasteiger charge is 1.96. The SMILES string of the molecule is CC(C)(C)C.CC(C)(C)C.CC(C)C.CC(C)C.c1ccccc1.c1ccncc1.c1cnccn1.c1cncnc1. The van der Waals surface area contributed by atoms with E-state index in [1.807, 2.05) is 54.6 Å². The van der Waals surface area contributed by atoms with Gasteiger partial charge in [0.05, 0.1) is 0 Å². The van der Waals surface area contributed by atoms with E-state index in [9.17, 15) is 0 Å². The second-order valence-electron chi connectivity index (χ2n) is 13.4. The van der Waals surface area contributed by atoms with E-state index in [1.165, 1.54) is 6.33 Å². The molecule has 0 unspecified atom stereocenters. The molecule has 42 heavy (non-hydrogen) atoms. The average molecular weight is 578 g/mol. The summed E-state index contributed by atoms with van der Waals surface area (Å²) in [7, 11) is 0. The van der Waals surface area contributed by atoms with Gasteiger partial charge in [-0.1, -0.05) is 139 Å². The summed E-state index contributed by atoms with van der Waals surface area (Å²) in [5, 5.41) is 0. The summed E-state index contributed by atoms with van der Waals surface area (Å²) in [6.45, 7) is 30.5. The minimum atomic E-state index is 0.500. The summed E-state index contributed by atoms with van der Waals surface area (Å²) in [6, 6.07) is 19.5. The Kier molecular flexibility index (Phi) is 36.6. The Hall–Kier alpha value is -3.47. The highest BCUT2D eigenvalue weighted by atomic mass is 14.8. The zero-order valence-electron chi connectivity index (χ0n) is 29.4. The van der Waals surface area contributed by atoms with Crippen molar-refractivity contribution in [2.45, 2.75) is 96.9 Å². The van der Waals surface area contributed by atoms with E-state index in [2.05, 4.69) is 122 Å². The van der Waals surface area contributed by atoms with Crippen LogP contribution in [0.1, 0.15) is 96.9 Å². The number of rotatable bonds is 0. The van der Waals surface area contributed by atoms with Gasteiger partial charge in [0.15, 0.2) is 0 Å². The number of aromatic nitrogens is 5. The molecule has 0 aliphatic heterocycles. The average Bonchev–Trinajstić information content (AvgIpc) is 2.91. The van der Waals surface area contributed by atoms with Gasteiger partial charge in [-0.2, -0.15) is 0 Å². The van der Waals surface area contributed by atoms with Crippen LogP contribution in [0.5, 0.6) is 0 Å². The third-order valence-electron chi connectivity index (χ3n) is 2.19. The van der Waals surface area contributed by atoms with Gasteiger partial charge in [-0.3, -0.25) is 15.0 Å². The summed E-state index contributed by atoms with van der Waals surface area (Å²) in [4.78, 5) is 18.6. The van der Waals surface area contributed by atoms with Crippen molar-refractivity contribution in [1.82, 2.24) is 24.9 Å². The minimum absolute atomic E-state index is 0.500. The molecule has 5 nitrogen and oxygen atoms in total. The molecule has 1 aromatic carbocycles. The first-order valence-electron chi connectivity index (χ1n) is 14.7. The van der Waals surface area contributed by atoms with Gasteiger partial charge >= 0.3 is 0 Å². The molecule has 0 aliphatic carbocycles. The van der Waals surface area contributed by atoms with Crippen molar-refractivity contribution >= 4 is 0 Å². The van der Waals surface area contributed by atoms with Crippen LogP contribution in [0.4, 0.5) is 0 Å². The van der Waals surface area contributed by atoms with Gasteiger partial charge in [0.2, 0.25) is 0 Å². The van der Waals surface area contributed by atoms with Gasteiger partial charge in [-0.05, 0) is 40.9 Å². The van der Waals surface area contributed by atoms with Crippen LogP contribution in [-0.2, 0) is 0 Å². The normalized spacial score (nSPS) is 9.14. The van der Waals surface area contributed by atoms with Crippen LogP contribution in [0, 0.1) is 22.7 Å². The quantitative estimate of drug-likeness (QED) is 0.208. The van der Waals surface area contributed by atoms with Crippen molar-refractivity contribution in [3.63, 3.8) is 0 Å². The lowest BCUT2D eigenvalue weighted by molar-refractivity contribution is 0.469. The molecule has 0 saturated heterocycles. The number of benzene rings is 1. The Morgan fingerprint density at radius 3 is 0.595 bits per heavy atom. The smallest absolute Gasteiger partial charge is 0.115 e. The second-order valence-corrected chi connectivity index (χ2v) is 13.4. The molecule has 3 heterocycles. The fourth-order valence-corrected chi connectivity index (χ4v) is 1.20. The van der Waals surface area contributed by atoms with Crippen LogP contribution >= 0.6 is 0 Å². The highest BCUT2D eigenvalue weighted by Crippen LogP contribution is 2.08. The van der Waals surface area contributed by atoms with Gasteiger partial charge < -0.3 is 0 Å². The van der Waals surface area contributed by atoms with E-state index in [-0.39, 0.29) is 0 Å². The van der Waals surface area contributed by atoms with Crippen LogP contribution in [0.15, 0.2) is 117 Å². The number of hydrogen-bond acceptors (Lipinski definition) is 5. The van der Waals surface area contributed by atoms with Crippen LogP contribution in [0.25, 0.3) is 0 Å². The van der Waals surface area contributed by atoms with Gasteiger partial charge in [-0.25, -0.2) is 9.97 Å². The maximum Gasteiger partial charge on any atom is 0.115 e. The molecule has 0 radical (unpaired) electrons. The Bertz CT molecular complexity index is 651. The first-order valence-corrected chi connectivity index (χ1v) is 14.7. The molecule has 0 N–H and O–H groups in total. The van der Waals surface area contributed by atoms with E-state index < -0.39 is 0 Å². The fourth-order valence-electron chi connectivity index (χ4n) is 1.20. The predicted octanol–water partition coefficient (Wildman–Crippen LogP) is 11.2. The minimum Gasteiger partial charge on any atom is -0.265 e. The maximum absolute atomic E-state index is 3.78. The van der Waals surface area contributed by atoms with Crippen molar-refractivity contribution in [1.29, 1.82) is 0 Å².